The van der Waals surface area contributed by atoms with Crippen molar-refractivity contribution in [2.75, 3.05) is 0 Å². The van der Waals surface area contributed by atoms with Crippen LogP contribution in [0, 0.1) is 11.3 Å². The van der Waals surface area contributed by atoms with Crippen LogP contribution in [0.15, 0.2) is 24.3 Å². The number of hydrogen-bond acceptors (Lipinski definition) is 3. The molecule has 1 fully saturated rings. The standard InChI is InChI=1S/C13H16N2O/c14-9-10-5-1-3-7-12(10)16-13-8-4-2-6-11(13)15/h1,3,5,7,11,13H,2,4,6,8,15H2. The lowest BCUT2D eigenvalue weighted by molar-refractivity contribution is 0.132. The minimum absolute atomic E-state index is 0.0586. The van der Waals surface area contributed by atoms with Crippen molar-refractivity contribution in [2.45, 2.75) is 37.8 Å². The van der Waals surface area contributed by atoms with Gasteiger partial charge >= 0.3 is 0 Å². The van der Waals surface area contributed by atoms with Crippen LogP contribution >= 0.6 is 0 Å². The van der Waals surface area contributed by atoms with Gasteiger partial charge in [0.1, 0.15) is 17.9 Å². The van der Waals surface area contributed by atoms with E-state index in [0.29, 0.717) is 11.3 Å². The van der Waals surface area contributed by atoms with Gasteiger partial charge in [0.15, 0.2) is 0 Å². The van der Waals surface area contributed by atoms with E-state index < -0.39 is 0 Å². The van der Waals surface area contributed by atoms with Crippen LogP contribution in [0.3, 0.4) is 0 Å². The van der Waals surface area contributed by atoms with E-state index >= 15 is 0 Å². The SMILES string of the molecule is N#Cc1ccccc1OC1CCCCC1N. The fraction of sp³-hybridized carbons (Fsp3) is 0.462. The lowest BCUT2D eigenvalue weighted by Gasteiger charge is -2.29. The predicted molar refractivity (Wildman–Crippen MR) is 62.0 cm³/mol. The van der Waals surface area contributed by atoms with Gasteiger partial charge in [-0.05, 0) is 31.4 Å². The minimum atomic E-state index is 0.0586. The van der Waals surface area contributed by atoms with Crippen LogP contribution in [-0.4, -0.2) is 12.1 Å². The second kappa shape index (κ2) is 5.00. The predicted octanol–water partition coefficient (Wildman–Crippen LogP) is 2.21. The normalized spacial score (nSPS) is 24.8. The fourth-order valence-electron chi connectivity index (χ4n) is 2.10. The maximum atomic E-state index is 8.95. The van der Waals surface area contributed by atoms with Crippen LogP contribution < -0.4 is 10.5 Å². The van der Waals surface area contributed by atoms with Crippen molar-refractivity contribution in [3.63, 3.8) is 0 Å². The zero-order chi connectivity index (χ0) is 11.4. The molecule has 0 aliphatic heterocycles. The van der Waals surface area contributed by atoms with Crippen molar-refractivity contribution < 1.29 is 4.74 Å². The third kappa shape index (κ3) is 2.34. The summed E-state index contributed by atoms with van der Waals surface area (Å²) in [5.74, 6) is 0.660. The first-order valence-electron chi connectivity index (χ1n) is 5.72. The fourth-order valence-corrected chi connectivity index (χ4v) is 2.10. The van der Waals surface area contributed by atoms with E-state index in [4.69, 9.17) is 15.7 Å². The van der Waals surface area contributed by atoms with E-state index in [0.717, 1.165) is 19.3 Å². The van der Waals surface area contributed by atoms with Crippen LogP contribution in [0.25, 0.3) is 0 Å². The summed E-state index contributed by atoms with van der Waals surface area (Å²) in [6.45, 7) is 0. The van der Waals surface area contributed by atoms with Crippen LogP contribution in [-0.2, 0) is 0 Å². The second-order valence-electron chi connectivity index (χ2n) is 4.21. The third-order valence-electron chi connectivity index (χ3n) is 3.04. The van der Waals surface area contributed by atoms with Crippen molar-refractivity contribution in [1.29, 1.82) is 5.26 Å². The summed E-state index contributed by atoms with van der Waals surface area (Å²) in [5, 5.41) is 8.95. The van der Waals surface area contributed by atoms with Crippen molar-refractivity contribution in [3.05, 3.63) is 29.8 Å². The van der Waals surface area contributed by atoms with Crippen LogP contribution in [0.5, 0.6) is 5.75 Å². The molecule has 1 aromatic carbocycles. The van der Waals surface area contributed by atoms with Gasteiger partial charge in [0.2, 0.25) is 0 Å². The lowest BCUT2D eigenvalue weighted by Crippen LogP contribution is -2.41. The summed E-state index contributed by atoms with van der Waals surface area (Å²) in [7, 11) is 0. The lowest BCUT2D eigenvalue weighted by atomic mass is 9.93. The molecule has 2 atom stereocenters. The molecule has 3 nitrogen and oxygen atoms in total. The summed E-state index contributed by atoms with van der Waals surface area (Å²) >= 11 is 0. The quantitative estimate of drug-likeness (QED) is 0.824. The van der Waals surface area contributed by atoms with Crippen LogP contribution in [0.1, 0.15) is 31.2 Å². The molecule has 1 aromatic rings. The smallest absolute Gasteiger partial charge is 0.137 e. The summed E-state index contributed by atoms with van der Waals surface area (Å²) in [4.78, 5) is 0. The molecule has 1 aliphatic carbocycles. The van der Waals surface area contributed by atoms with E-state index in [1.807, 2.05) is 18.2 Å². The molecule has 0 radical (unpaired) electrons. The van der Waals surface area contributed by atoms with Crippen LogP contribution in [0.2, 0.25) is 0 Å². The number of para-hydroxylation sites is 1. The van der Waals surface area contributed by atoms with Gasteiger partial charge in [-0.25, -0.2) is 0 Å². The van der Waals surface area contributed by atoms with Gasteiger partial charge in [0, 0.05) is 6.04 Å². The highest BCUT2D eigenvalue weighted by Gasteiger charge is 2.23. The Kier molecular flexibility index (Phi) is 3.43. The van der Waals surface area contributed by atoms with E-state index in [-0.39, 0.29) is 12.1 Å². The Morgan fingerprint density at radius 2 is 2.00 bits per heavy atom. The summed E-state index contributed by atoms with van der Waals surface area (Å²) < 4.78 is 5.84. The van der Waals surface area contributed by atoms with Gasteiger partial charge in [-0.2, -0.15) is 5.26 Å². The largest absolute Gasteiger partial charge is 0.487 e. The second-order valence-corrected chi connectivity index (χ2v) is 4.21. The van der Waals surface area contributed by atoms with Crippen molar-refractivity contribution in [1.82, 2.24) is 0 Å². The number of rotatable bonds is 2. The zero-order valence-electron chi connectivity index (χ0n) is 9.23. The topological polar surface area (TPSA) is 59.0 Å². The van der Waals surface area contributed by atoms with Crippen molar-refractivity contribution >= 4 is 0 Å². The van der Waals surface area contributed by atoms with Gasteiger partial charge in [0.05, 0.1) is 5.56 Å². The summed E-state index contributed by atoms with van der Waals surface area (Å²) in [6.07, 6.45) is 4.40. The Hall–Kier alpha value is -1.53. The van der Waals surface area contributed by atoms with E-state index in [9.17, 15) is 0 Å². The highest BCUT2D eigenvalue weighted by Crippen LogP contribution is 2.24. The maximum Gasteiger partial charge on any atom is 0.137 e. The van der Waals surface area contributed by atoms with E-state index in [1.165, 1.54) is 6.42 Å². The number of hydrogen-bond donors (Lipinski definition) is 1. The average Bonchev–Trinajstić information content (AvgIpc) is 2.33. The van der Waals surface area contributed by atoms with Gasteiger partial charge in [-0.15, -0.1) is 0 Å². The van der Waals surface area contributed by atoms with E-state index in [1.54, 1.807) is 6.07 Å². The van der Waals surface area contributed by atoms with E-state index in [2.05, 4.69) is 6.07 Å². The first-order chi connectivity index (χ1) is 7.81. The third-order valence-corrected chi connectivity index (χ3v) is 3.04. The Morgan fingerprint density at radius 3 is 2.75 bits per heavy atom. The average molecular weight is 216 g/mol. The molecule has 0 amide bonds. The number of ether oxygens (including phenoxy) is 1. The first kappa shape index (κ1) is 11.0. The Bertz CT molecular complexity index is 397. The van der Waals surface area contributed by atoms with Gasteiger partial charge in [-0.1, -0.05) is 18.6 Å². The number of nitrogens with zero attached hydrogens (tertiary/aromatic N) is 1. The molecule has 2 N–H and O–H groups in total. The first-order valence-corrected chi connectivity index (χ1v) is 5.72. The number of nitrogens with two attached hydrogens (primary N) is 1. The molecule has 0 spiro atoms. The molecule has 0 saturated heterocycles. The molecule has 0 heterocycles. The Labute approximate surface area is 95.8 Å². The molecule has 3 heteroatoms. The zero-order valence-corrected chi connectivity index (χ0v) is 9.23. The van der Waals surface area contributed by atoms with Gasteiger partial charge in [0.25, 0.3) is 0 Å². The molecule has 2 unspecified atom stereocenters. The summed E-state index contributed by atoms with van der Waals surface area (Å²) in [5.41, 5.74) is 6.59. The molecule has 1 saturated carbocycles. The maximum absolute atomic E-state index is 8.95. The molecule has 16 heavy (non-hydrogen) atoms. The van der Waals surface area contributed by atoms with Gasteiger partial charge < -0.3 is 10.5 Å². The number of nitriles is 1. The number of benzene rings is 1. The molecule has 84 valence electrons. The molecular weight excluding hydrogens is 200 g/mol. The highest BCUT2D eigenvalue weighted by atomic mass is 16.5. The molecule has 2 rings (SSSR count). The summed E-state index contributed by atoms with van der Waals surface area (Å²) in [6, 6.07) is 9.55. The minimum Gasteiger partial charge on any atom is -0.487 e. The monoisotopic (exact) mass is 216 g/mol. The molecule has 0 aromatic heterocycles. The molecule has 0 bridgehead atoms. The Morgan fingerprint density at radius 1 is 1.25 bits per heavy atom. The van der Waals surface area contributed by atoms with Crippen molar-refractivity contribution in [2.24, 2.45) is 5.73 Å². The van der Waals surface area contributed by atoms with Gasteiger partial charge in [-0.3, -0.25) is 0 Å². The van der Waals surface area contributed by atoms with Crippen molar-refractivity contribution in [3.8, 4) is 11.8 Å². The molecular formula is C13H16N2O. The Balaban J connectivity index is 2.11. The molecule has 1 aliphatic rings. The highest BCUT2D eigenvalue weighted by molar-refractivity contribution is 5.42. The van der Waals surface area contributed by atoms with Crippen LogP contribution in [0.4, 0.5) is 0 Å².